The molecule has 0 heterocycles. The van der Waals surface area contributed by atoms with Gasteiger partial charge in [0, 0.05) is 37.5 Å². The van der Waals surface area contributed by atoms with Crippen molar-refractivity contribution in [1.82, 2.24) is 0 Å². The molecule has 0 aliphatic heterocycles. The Morgan fingerprint density at radius 3 is 2.57 bits per heavy atom. The van der Waals surface area contributed by atoms with Gasteiger partial charge in [-0.2, -0.15) is 0 Å². The number of fused-ring (bicyclic) bond motifs is 5. The molecule has 0 saturated heterocycles. The number of hydrogen-bond acceptors (Lipinski definition) is 6. The number of carbonyl (C=O) groups excluding carboxylic acids is 4. The Morgan fingerprint density at radius 1 is 1.20 bits per heavy atom. The van der Waals surface area contributed by atoms with Crippen molar-refractivity contribution in [2.45, 2.75) is 78.2 Å². The van der Waals surface area contributed by atoms with Crippen LogP contribution in [-0.4, -0.2) is 40.6 Å². The first kappa shape index (κ1) is 21.7. The molecule has 0 radical (unpaired) electrons. The number of carbonyl (C=O) groups is 4. The highest BCUT2D eigenvalue weighted by Crippen LogP contribution is 2.68. The number of ketones is 3. The van der Waals surface area contributed by atoms with Crippen molar-refractivity contribution in [1.29, 1.82) is 0 Å². The van der Waals surface area contributed by atoms with Crippen LogP contribution in [0.25, 0.3) is 0 Å². The average molecular weight is 419 g/mol. The monoisotopic (exact) mass is 418 g/mol. The largest absolute Gasteiger partial charge is 0.458 e. The first-order chi connectivity index (χ1) is 13.9. The predicted octanol–water partition coefficient (Wildman–Crippen LogP) is 2.89. The van der Waals surface area contributed by atoms with E-state index >= 15 is 0 Å². The fourth-order valence-electron chi connectivity index (χ4n) is 8.07. The first-order valence-electron chi connectivity index (χ1n) is 11.4. The maximum Gasteiger partial charge on any atom is 0.303 e. The smallest absolute Gasteiger partial charge is 0.303 e. The van der Waals surface area contributed by atoms with Crippen molar-refractivity contribution in [2.24, 2.45) is 40.4 Å². The van der Waals surface area contributed by atoms with Crippen LogP contribution in [0, 0.1) is 40.4 Å². The molecule has 1 unspecified atom stereocenters. The Balaban J connectivity index is 1.68. The third kappa shape index (κ3) is 2.78. The van der Waals surface area contributed by atoms with Crippen LogP contribution in [0.1, 0.15) is 72.6 Å². The molecule has 4 saturated carbocycles. The Hall–Kier alpha value is -1.56. The van der Waals surface area contributed by atoms with Crippen molar-refractivity contribution >= 4 is 23.3 Å². The fourth-order valence-corrected chi connectivity index (χ4v) is 8.07. The Labute approximate surface area is 178 Å². The SMILES string of the molecule is CC(=O)OCC(=O)[C@@]1(O)[C@H](C)C[C@H]2[C@@H]3CCC4CC(=O)CC[C@]4(C)[C@H]3C(=O)C[C@@]21C. The zero-order valence-corrected chi connectivity index (χ0v) is 18.5. The number of rotatable bonds is 3. The molecular formula is C24H34O6. The highest BCUT2D eigenvalue weighted by Gasteiger charge is 2.71. The van der Waals surface area contributed by atoms with Gasteiger partial charge in [-0.15, -0.1) is 0 Å². The first-order valence-corrected chi connectivity index (χ1v) is 11.4. The number of aliphatic hydroxyl groups is 1. The van der Waals surface area contributed by atoms with E-state index in [4.69, 9.17) is 4.74 Å². The second-order valence-corrected chi connectivity index (χ2v) is 10.9. The average Bonchev–Trinajstić information content (AvgIpc) is 2.87. The van der Waals surface area contributed by atoms with Crippen LogP contribution in [0.3, 0.4) is 0 Å². The Bertz CT molecular complexity index is 804. The Morgan fingerprint density at radius 2 is 1.90 bits per heavy atom. The van der Waals surface area contributed by atoms with Gasteiger partial charge >= 0.3 is 5.97 Å². The summed E-state index contributed by atoms with van der Waals surface area (Å²) in [7, 11) is 0. The number of hydrogen-bond donors (Lipinski definition) is 1. The Kier molecular flexibility index (Phi) is 5.04. The minimum atomic E-state index is -1.67. The van der Waals surface area contributed by atoms with Gasteiger partial charge in [0.1, 0.15) is 17.2 Å². The van der Waals surface area contributed by atoms with E-state index < -0.39 is 29.4 Å². The summed E-state index contributed by atoms with van der Waals surface area (Å²) in [5, 5.41) is 11.7. The molecule has 0 aromatic carbocycles. The van der Waals surface area contributed by atoms with Crippen molar-refractivity contribution in [3.8, 4) is 0 Å². The molecule has 8 atom stereocenters. The molecule has 30 heavy (non-hydrogen) atoms. The molecular weight excluding hydrogens is 384 g/mol. The zero-order valence-electron chi connectivity index (χ0n) is 18.5. The van der Waals surface area contributed by atoms with Crippen LogP contribution in [0.15, 0.2) is 0 Å². The van der Waals surface area contributed by atoms with Gasteiger partial charge in [0.05, 0.1) is 0 Å². The van der Waals surface area contributed by atoms with E-state index in [1.165, 1.54) is 6.92 Å². The maximum absolute atomic E-state index is 13.6. The van der Waals surface area contributed by atoms with Gasteiger partial charge < -0.3 is 9.84 Å². The normalized spacial score (nSPS) is 47.8. The highest BCUT2D eigenvalue weighted by atomic mass is 16.5. The summed E-state index contributed by atoms with van der Waals surface area (Å²) in [5.74, 6) is -0.558. The minimum Gasteiger partial charge on any atom is -0.458 e. The predicted molar refractivity (Wildman–Crippen MR) is 108 cm³/mol. The lowest BCUT2D eigenvalue weighted by atomic mass is 9.44. The summed E-state index contributed by atoms with van der Waals surface area (Å²) in [6.45, 7) is 6.74. The molecule has 4 rings (SSSR count). The number of Topliss-reactive ketones (excluding diaryl/α,β-unsaturated/α-hetero) is 3. The molecule has 0 aromatic heterocycles. The quantitative estimate of drug-likeness (QED) is 0.708. The summed E-state index contributed by atoms with van der Waals surface area (Å²) in [6, 6.07) is 0. The van der Waals surface area contributed by atoms with Gasteiger partial charge in [0.15, 0.2) is 6.61 Å². The van der Waals surface area contributed by atoms with Gasteiger partial charge in [-0.1, -0.05) is 20.8 Å². The van der Waals surface area contributed by atoms with Crippen molar-refractivity contribution < 1.29 is 29.0 Å². The lowest BCUT2D eigenvalue weighted by Gasteiger charge is -2.59. The summed E-state index contributed by atoms with van der Waals surface area (Å²) in [5.41, 5.74) is -2.69. The third-order valence-electron chi connectivity index (χ3n) is 9.58. The van der Waals surface area contributed by atoms with Gasteiger partial charge in [0.25, 0.3) is 0 Å². The van der Waals surface area contributed by atoms with E-state index in [0.29, 0.717) is 25.0 Å². The highest BCUT2D eigenvalue weighted by molar-refractivity contribution is 5.93. The fraction of sp³-hybridized carbons (Fsp3) is 0.833. The minimum absolute atomic E-state index is 0.0666. The van der Waals surface area contributed by atoms with Gasteiger partial charge in [-0.05, 0) is 54.8 Å². The van der Waals surface area contributed by atoms with E-state index in [1.54, 1.807) is 0 Å². The van der Waals surface area contributed by atoms with Crippen LogP contribution in [-0.2, 0) is 23.9 Å². The summed E-state index contributed by atoms with van der Waals surface area (Å²) in [4.78, 5) is 49.9. The molecule has 0 amide bonds. The van der Waals surface area contributed by atoms with Gasteiger partial charge in [-0.25, -0.2) is 0 Å². The van der Waals surface area contributed by atoms with Crippen molar-refractivity contribution in [3.05, 3.63) is 0 Å². The van der Waals surface area contributed by atoms with Crippen LogP contribution in [0.2, 0.25) is 0 Å². The summed E-state index contributed by atoms with van der Waals surface area (Å²) in [6.07, 6.45) is 4.54. The second kappa shape index (κ2) is 6.98. The van der Waals surface area contributed by atoms with E-state index in [0.717, 1.165) is 19.3 Å². The third-order valence-corrected chi connectivity index (χ3v) is 9.58. The topological polar surface area (TPSA) is 97.7 Å². The van der Waals surface area contributed by atoms with Crippen LogP contribution in [0.5, 0.6) is 0 Å². The van der Waals surface area contributed by atoms with Crippen LogP contribution >= 0.6 is 0 Å². The van der Waals surface area contributed by atoms with E-state index in [1.807, 2.05) is 13.8 Å². The standard InChI is InChI=1S/C24H34O6/c1-13-9-18-17-6-5-15-10-16(26)7-8-22(15,3)21(17)19(27)11-23(18,4)24(13,29)20(28)12-30-14(2)25/h13,15,17-18,21,29H,5-12H2,1-4H3/t13-,15?,17+,18+,21-,22+,23+,24+/m1/s1. The van der Waals surface area contributed by atoms with E-state index in [-0.39, 0.29) is 47.2 Å². The van der Waals surface area contributed by atoms with Crippen molar-refractivity contribution in [3.63, 3.8) is 0 Å². The zero-order chi connectivity index (χ0) is 22.1. The molecule has 0 bridgehead atoms. The lowest BCUT2D eigenvalue weighted by molar-refractivity contribution is -0.183. The van der Waals surface area contributed by atoms with Crippen molar-refractivity contribution in [2.75, 3.05) is 6.61 Å². The number of ether oxygens (including phenoxy) is 1. The molecule has 4 aliphatic carbocycles. The van der Waals surface area contributed by atoms with E-state index in [2.05, 4.69) is 6.92 Å². The molecule has 0 aromatic rings. The molecule has 4 aliphatic rings. The van der Waals surface area contributed by atoms with Crippen LogP contribution in [0.4, 0.5) is 0 Å². The van der Waals surface area contributed by atoms with Gasteiger partial charge in [0.2, 0.25) is 5.78 Å². The molecule has 6 heteroatoms. The maximum atomic E-state index is 13.6. The second-order valence-electron chi connectivity index (χ2n) is 10.9. The van der Waals surface area contributed by atoms with E-state index in [9.17, 15) is 24.3 Å². The lowest BCUT2D eigenvalue weighted by Crippen LogP contribution is -2.63. The molecule has 1 N–H and O–H groups in total. The summed E-state index contributed by atoms with van der Waals surface area (Å²) >= 11 is 0. The molecule has 4 fully saturated rings. The van der Waals surface area contributed by atoms with Gasteiger partial charge in [-0.3, -0.25) is 19.2 Å². The summed E-state index contributed by atoms with van der Waals surface area (Å²) < 4.78 is 4.92. The van der Waals surface area contributed by atoms with Crippen LogP contribution < -0.4 is 0 Å². The molecule has 0 spiro atoms. The molecule has 166 valence electrons. The number of esters is 1. The molecule has 6 nitrogen and oxygen atoms in total.